The van der Waals surface area contributed by atoms with E-state index in [0.29, 0.717) is 36.3 Å². The predicted molar refractivity (Wildman–Crippen MR) is 94.7 cm³/mol. The van der Waals surface area contributed by atoms with Crippen molar-refractivity contribution < 1.29 is 19.3 Å². The zero-order chi connectivity index (χ0) is 17.2. The van der Waals surface area contributed by atoms with Gasteiger partial charge in [0.1, 0.15) is 0 Å². The first kappa shape index (κ1) is 18.1. The van der Waals surface area contributed by atoms with E-state index in [1.165, 1.54) is 25.7 Å². The fourth-order valence-corrected chi connectivity index (χ4v) is 4.30. The second-order valence-corrected chi connectivity index (χ2v) is 8.52. The van der Waals surface area contributed by atoms with Crippen LogP contribution in [0.5, 0.6) is 0 Å². The minimum absolute atomic E-state index is 0.272. The molecule has 4 fully saturated rings. The number of epoxide rings is 3. The van der Waals surface area contributed by atoms with Gasteiger partial charge in [-0.15, -0.1) is 0 Å². The lowest BCUT2D eigenvalue weighted by Gasteiger charge is -2.41. The van der Waals surface area contributed by atoms with Crippen LogP contribution in [0.1, 0.15) is 32.6 Å². The third kappa shape index (κ3) is 5.62. The number of ether oxygens (including phenoxy) is 3. The third-order valence-corrected chi connectivity index (χ3v) is 6.08. The van der Waals surface area contributed by atoms with Gasteiger partial charge in [-0.25, -0.2) is 0 Å². The van der Waals surface area contributed by atoms with Gasteiger partial charge >= 0.3 is 0 Å². The van der Waals surface area contributed by atoms with Gasteiger partial charge < -0.3 is 19.3 Å². The molecular weight excluding hydrogens is 320 g/mol. The zero-order valence-electron chi connectivity index (χ0n) is 15.5. The smallest absolute Gasteiger partial charge is 0.0936 e. The van der Waals surface area contributed by atoms with Crippen molar-refractivity contribution >= 4 is 0 Å². The summed E-state index contributed by atoms with van der Waals surface area (Å²) in [6, 6.07) is 1.32. The van der Waals surface area contributed by atoms with E-state index < -0.39 is 0 Å². The first-order valence-electron chi connectivity index (χ1n) is 10.1. The van der Waals surface area contributed by atoms with Gasteiger partial charge in [0, 0.05) is 44.9 Å². The van der Waals surface area contributed by atoms with Crippen molar-refractivity contribution in [2.75, 3.05) is 52.6 Å². The van der Waals surface area contributed by atoms with Crippen LogP contribution in [0.4, 0.5) is 0 Å². The van der Waals surface area contributed by atoms with E-state index in [9.17, 15) is 5.11 Å². The lowest BCUT2D eigenvalue weighted by Crippen LogP contribution is -2.48. The average molecular weight is 354 g/mol. The molecule has 3 saturated heterocycles. The summed E-state index contributed by atoms with van der Waals surface area (Å²) in [5.74, 6) is 0.340. The Labute approximate surface area is 151 Å². The standard InChI is InChI=1S/C19H34N2O4/c1-14(10-22)6-20(7-17-11-23-17)15-2-4-16(5-3-15)21(8-18-12-24-18)9-19-13-25-19/h14-19,22H,2-13H2,1H3. The second kappa shape index (κ2) is 8.19. The second-order valence-electron chi connectivity index (χ2n) is 8.52. The Hall–Kier alpha value is -0.240. The topological polar surface area (TPSA) is 64.3 Å². The Morgan fingerprint density at radius 2 is 1.20 bits per heavy atom. The molecule has 3 aliphatic heterocycles. The SMILES string of the molecule is CC(CO)CN(CC1CO1)C1CCC(N(CC2CO2)CC2CO2)CC1. The maximum atomic E-state index is 9.44. The van der Waals surface area contributed by atoms with Crippen LogP contribution < -0.4 is 0 Å². The van der Waals surface area contributed by atoms with Crippen LogP contribution in [0.15, 0.2) is 0 Å². The van der Waals surface area contributed by atoms with E-state index in [2.05, 4.69) is 16.7 Å². The summed E-state index contributed by atoms with van der Waals surface area (Å²) >= 11 is 0. The lowest BCUT2D eigenvalue weighted by molar-refractivity contribution is 0.0676. The molecule has 0 amide bonds. The molecule has 6 nitrogen and oxygen atoms in total. The van der Waals surface area contributed by atoms with Gasteiger partial charge in [0.15, 0.2) is 0 Å². The molecule has 4 atom stereocenters. The molecule has 0 aromatic heterocycles. The molecule has 4 unspecified atom stereocenters. The van der Waals surface area contributed by atoms with Crippen LogP contribution in [-0.4, -0.2) is 97.9 Å². The Kier molecular flexibility index (Phi) is 5.94. The lowest BCUT2D eigenvalue weighted by atomic mass is 9.88. The van der Waals surface area contributed by atoms with Gasteiger partial charge in [-0.2, -0.15) is 0 Å². The first-order valence-corrected chi connectivity index (χ1v) is 10.1. The van der Waals surface area contributed by atoms with Crippen molar-refractivity contribution in [3.05, 3.63) is 0 Å². The van der Waals surface area contributed by atoms with Gasteiger partial charge in [-0.3, -0.25) is 9.80 Å². The van der Waals surface area contributed by atoms with Gasteiger partial charge in [-0.05, 0) is 31.6 Å². The average Bonchev–Trinajstić information content (AvgIpc) is 3.45. The van der Waals surface area contributed by atoms with Crippen LogP contribution in [-0.2, 0) is 14.2 Å². The molecule has 4 rings (SSSR count). The Morgan fingerprint density at radius 3 is 1.60 bits per heavy atom. The minimum atomic E-state index is 0.272. The highest BCUT2D eigenvalue weighted by Gasteiger charge is 2.37. The zero-order valence-corrected chi connectivity index (χ0v) is 15.5. The normalized spacial score (nSPS) is 38.2. The summed E-state index contributed by atoms with van der Waals surface area (Å²) in [6.45, 7) is 9.38. The van der Waals surface area contributed by atoms with Crippen LogP contribution in [0.2, 0.25) is 0 Å². The number of hydrogen-bond donors (Lipinski definition) is 1. The molecule has 4 aliphatic rings. The Balaban J connectivity index is 1.28. The van der Waals surface area contributed by atoms with Gasteiger partial charge in [0.05, 0.1) is 38.1 Å². The summed E-state index contributed by atoms with van der Waals surface area (Å²) < 4.78 is 16.4. The van der Waals surface area contributed by atoms with Crippen molar-refractivity contribution in [3.8, 4) is 0 Å². The molecule has 1 N–H and O–H groups in total. The molecule has 144 valence electrons. The summed E-state index contributed by atoms with van der Waals surface area (Å²) in [5.41, 5.74) is 0. The summed E-state index contributed by atoms with van der Waals surface area (Å²) in [6.07, 6.45) is 6.39. The molecule has 0 aromatic rings. The molecule has 0 aromatic carbocycles. The maximum Gasteiger partial charge on any atom is 0.0936 e. The number of hydrogen-bond acceptors (Lipinski definition) is 6. The van der Waals surface area contributed by atoms with E-state index in [4.69, 9.17) is 14.2 Å². The highest BCUT2D eigenvalue weighted by molar-refractivity contribution is 4.90. The van der Waals surface area contributed by atoms with Crippen molar-refractivity contribution in [1.82, 2.24) is 9.80 Å². The predicted octanol–water partition coefficient (Wildman–Crippen LogP) is 0.726. The van der Waals surface area contributed by atoms with Gasteiger partial charge in [0.2, 0.25) is 0 Å². The molecule has 6 heteroatoms. The summed E-state index contributed by atoms with van der Waals surface area (Å²) in [5, 5.41) is 9.44. The van der Waals surface area contributed by atoms with Crippen LogP contribution >= 0.6 is 0 Å². The van der Waals surface area contributed by atoms with Crippen LogP contribution in [0, 0.1) is 5.92 Å². The van der Waals surface area contributed by atoms with E-state index in [1.807, 2.05) is 0 Å². The largest absolute Gasteiger partial charge is 0.396 e. The molecular formula is C19H34N2O4. The molecule has 0 spiro atoms. The highest BCUT2D eigenvalue weighted by Crippen LogP contribution is 2.30. The van der Waals surface area contributed by atoms with E-state index in [-0.39, 0.29) is 6.61 Å². The van der Waals surface area contributed by atoms with Gasteiger partial charge in [-0.1, -0.05) is 6.92 Å². The Bertz CT molecular complexity index is 404. The van der Waals surface area contributed by atoms with Crippen molar-refractivity contribution in [3.63, 3.8) is 0 Å². The number of nitrogens with zero attached hydrogens (tertiary/aromatic N) is 2. The fourth-order valence-electron chi connectivity index (χ4n) is 4.30. The van der Waals surface area contributed by atoms with E-state index in [1.54, 1.807) is 0 Å². The highest BCUT2D eigenvalue weighted by atomic mass is 16.6. The molecule has 0 radical (unpaired) electrons. The molecule has 3 heterocycles. The van der Waals surface area contributed by atoms with Gasteiger partial charge in [0.25, 0.3) is 0 Å². The number of aliphatic hydroxyl groups excluding tert-OH is 1. The quantitative estimate of drug-likeness (QED) is 0.552. The monoisotopic (exact) mass is 354 g/mol. The minimum Gasteiger partial charge on any atom is -0.396 e. The van der Waals surface area contributed by atoms with Crippen LogP contribution in [0.25, 0.3) is 0 Å². The van der Waals surface area contributed by atoms with Crippen LogP contribution in [0.3, 0.4) is 0 Å². The maximum absolute atomic E-state index is 9.44. The molecule has 1 saturated carbocycles. The molecule has 0 bridgehead atoms. The number of aliphatic hydroxyl groups is 1. The van der Waals surface area contributed by atoms with E-state index >= 15 is 0 Å². The van der Waals surface area contributed by atoms with Crippen molar-refractivity contribution in [2.45, 2.75) is 63.0 Å². The summed E-state index contributed by atoms with van der Waals surface area (Å²) in [7, 11) is 0. The van der Waals surface area contributed by atoms with Crippen molar-refractivity contribution in [1.29, 1.82) is 0 Å². The third-order valence-electron chi connectivity index (χ3n) is 6.08. The van der Waals surface area contributed by atoms with Crippen molar-refractivity contribution in [2.24, 2.45) is 5.92 Å². The number of rotatable bonds is 11. The fraction of sp³-hybridized carbons (Fsp3) is 1.00. The Morgan fingerprint density at radius 1 is 0.800 bits per heavy atom. The molecule has 25 heavy (non-hydrogen) atoms. The summed E-state index contributed by atoms with van der Waals surface area (Å²) in [4.78, 5) is 5.23. The van der Waals surface area contributed by atoms with E-state index in [0.717, 1.165) is 46.0 Å². The first-order chi connectivity index (χ1) is 12.2. The molecule has 1 aliphatic carbocycles.